The van der Waals surface area contributed by atoms with E-state index in [1.54, 1.807) is 37.2 Å². The molecule has 6 rings (SSSR count). The van der Waals surface area contributed by atoms with E-state index in [9.17, 15) is 9.59 Å². The summed E-state index contributed by atoms with van der Waals surface area (Å²) in [4.78, 5) is 30.5. The van der Waals surface area contributed by atoms with E-state index in [0.717, 1.165) is 44.8 Å². The first-order valence-corrected chi connectivity index (χ1v) is 13.8. The zero-order valence-corrected chi connectivity index (χ0v) is 25.6. The van der Waals surface area contributed by atoms with Crippen LogP contribution in [0.3, 0.4) is 0 Å². The van der Waals surface area contributed by atoms with Gasteiger partial charge in [-0.3, -0.25) is 0 Å². The van der Waals surface area contributed by atoms with Crippen molar-refractivity contribution in [3.05, 3.63) is 95.7 Å². The van der Waals surface area contributed by atoms with E-state index in [-0.39, 0.29) is 30.3 Å². The van der Waals surface area contributed by atoms with Gasteiger partial charge in [-0.2, -0.15) is 0 Å². The molecule has 0 saturated carbocycles. The van der Waals surface area contributed by atoms with Gasteiger partial charge in [0.25, 0.3) is 0 Å². The molecule has 0 aliphatic carbocycles. The second kappa shape index (κ2) is 16.5. The van der Waals surface area contributed by atoms with Crippen LogP contribution in [0.1, 0.15) is 19.3 Å². The summed E-state index contributed by atoms with van der Waals surface area (Å²) in [6, 6.07) is 14.6. The summed E-state index contributed by atoms with van der Waals surface area (Å²) in [7, 11) is 0. The molecule has 0 spiro atoms. The van der Waals surface area contributed by atoms with Crippen molar-refractivity contribution in [1.29, 1.82) is 0 Å². The van der Waals surface area contributed by atoms with Gasteiger partial charge in [0, 0.05) is 34.2 Å². The molecule has 0 unspecified atom stereocenters. The predicted molar refractivity (Wildman–Crippen MR) is 171 cm³/mol. The van der Waals surface area contributed by atoms with Crippen molar-refractivity contribution in [3.8, 4) is 11.5 Å². The number of carboxylic acid groups (broad SMARTS) is 2. The predicted octanol–water partition coefficient (Wildman–Crippen LogP) is 5.77. The highest BCUT2D eigenvalue weighted by Crippen LogP contribution is 2.30. The van der Waals surface area contributed by atoms with Gasteiger partial charge in [-0.1, -0.05) is 0 Å². The number of ether oxygens (including phenoxy) is 2. The molecule has 0 amide bonds. The molecule has 0 fully saturated rings. The number of carboxylic acids is 2. The number of rotatable bonds is 10. The Balaban J connectivity index is 0.000000281. The van der Waals surface area contributed by atoms with Gasteiger partial charge in [-0.05, 0) is 59.3 Å². The van der Waals surface area contributed by atoms with Crippen molar-refractivity contribution in [2.45, 2.75) is 13.1 Å². The van der Waals surface area contributed by atoms with Crippen LogP contribution in [0.15, 0.2) is 86.0 Å². The van der Waals surface area contributed by atoms with Crippen molar-refractivity contribution in [2.24, 2.45) is 0 Å². The number of aromatic carboxylic acids is 2. The molecule has 0 saturated heterocycles. The van der Waals surface area contributed by atoms with Crippen LogP contribution in [0.4, 0.5) is 0 Å². The minimum atomic E-state index is -0.895. The number of fused-ring (bicyclic) bond motifs is 2. The number of halogens is 2. The first kappa shape index (κ1) is 35.1. The number of hydrogen-bond acceptors (Lipinski definition) is 8. The van der Waals surface area contributed by atoms with E-state index in [4.69, 9.17) is 19.7 Å². The highest BCUT2D eigenvalue weighted by atomic mass is 35.5. The first-order chi connectivity index (χ1) is 19.4. The number of imidazole rings is 2. The second-order valence-corrected chi connectivity index (χ2v) is 10.7. The number of aromatic nitrogens is 4. The smallest absolute Gasteiger partial charge is 0.345 e. The summed E-state index contributed by atoms with van der Waals surface area (Å²) in [5.41, 5.74) is 0. The normalized spacial score (nSPS) is 10.0. The molecule has 228 valence electrons. The maximum atomic E-state index is 10.9. The van der Waals surface area contributed by atoms with Crippen molar-refractivity contribution in [1.82, 2.24) is 19.1 Å². The van der Waals surface area contributed by atoms with E-state index >= 15 is 0 Å². The van der Waals surface area contributed by atoms with Crippen LogP contribution < -0.4 is 9.47 Å². The number of thiophene rings is 2. The monoisotopic (exact) mass is 666 g/mol. The lowest BCUT2D eigenvalue weighted by Crippen LogP contribution is -2.06. The lowest BCUT2D eigenvalue weighted by molar-refractivity contribution is 0.0691. The molecule has 4 aromatic heterocycles. The van der Waals surface area contributed by atoms with Crippen LogP contribution in [0.5, 0.6) is 11.5 Å². The van der Waals surface area contributed by atoms with E-state index < -0.39 is 11.9 Å². The Labute approximate surface area is 266 Å². The van der Waals surface area contributed by atoms with E-state index in [0.29, 0.717) is 23.0 Å². The molecule has 0 aliphatic heterocycles. The zero-order valence-electron chi connectivity index (χ0n) is 22.4. The summed E-state index contributed by atoms with van der Waals surface area (Å²) in [6.07, 6.45) is 10.7. The maximum absolute atomic E-state index is 10.9. The average Bonchev–Trinajstić information content (AvgIpc) is 3.75. The quantitative estimate of drug-likeness (QED) is 0.186. The molecule has 43 heavy (non-hydrogen) atoms. The number of carbonyl (C=O) groups is 2. The summed E-state index contributed by atoms with van der Waals surface area (Å²) in [6.45, 7) is 2.53. The molecule has 0 radical (unpaired) electrons. The van der Waals surface area contributed by atoms with Crippen molar-refractivity contribution >= 4 is 79.6 Å². The Hall–Kier alpha value is -4.14. The van der Waals surface area contributed by atoms with Gasteiger partial charge in [0.05, 0.1) is 25.7 Å². The van der Waals surface area contributed by atoms with Crippen molar-refractivity contribution < 1.29 is 34.8 Å². The van der Waals surface area contributed by atoms with Crippen LogP contribution in [0.25, 0.3) is 20.2 Å². The molecule has 15 heteroatoms. The van der Waals surface area contributed by atoms with Gasteiger partial charge >= 0.3 is 11.9 Å². The molecule has 6 aromatic rings. The van der Waals surface area contributed by atoms with Crippen molar-refractivity contribution in [3.63, 3.8) is 0 Å². The van der Waals surface area contributed by atoms with Crippen LogP contribution in [-0.4, -0.2) is 59.9 Å². The van der Waals surface area contributed by atoms with Crippen LogP contribution >= 0.6 is 47.5 Å². The van der Waals surface area contributed by atoms with Gasteiger partial charge < -0.3 is 34.3 Å². The average molecular weight is 668 g/mol. The van der Waals surface area contributed by atoms with E-state index in [1.165, 1.54) is 22.7 Å². The van der Waals surface area contributed by atoms with Gasteiger partial charge in [0.15, 0.2) is 0 Å². The molecule has 2 aromatic carbocycles. The minimum Gasteiger partial charge on any atom is -0.492 e. The highest BCUT2D eigenvalue weighted by molar-refractivity contribution is 7.21. The Morgan fingerprint density at radius 2 is 1.12 bits per heavy atom. The molecular formula is C28H28Cl2N4O7S2. The Kier molecular flexibility index (Phi) is 13.4. The van der Waals surface area contributed by atoms with E-state index in [2.05, 4.69) is 9.97 Å². The highest BCUT2D eigenvalue weighted by Gasteiger charge is 2.10. The topological polar surface area (TPSA) is 160 Å². The third-order valence-corrected chi connectivity index (χ3v) is 7.96. The lowest BCUT2D eigenvalue weighted by Gasteiger charge is -2.06. The van der Waals surface area contributed by atoms with Gasteiger partial charge in [0.2, 0.25) is 0 Å². The Morgan fingerprint density at radius 3 is 1.47 bits per heavy atom. The minimum absolute atomic E-state index is 0. The fourth-order valence-corrected chi connectivity index (χ4v) is 5.57. The third kappa shape index (κ3) is 9.43. The number of nitrogens with zero attached hydrogens (tertiary/aromatic N) is 4. The van der Waals surface area contributed by atoms with E-state index in [1.807, 2.05) is 57.9 Å². The number of benzene rings is 2. The van der Waals surface area contributed by atoms with Crippen LogP contribution in [0.2, 0.25) is 0 Å². The molecule has 0 bridgehead atoms. The lowest BCUT2D eigenvalue weighted by atomic mass is 10.2. The van der Waals surface area contributed by atoms with Gasteiger partial charge in [0.1, 0.15) is 34.5 Å². The standard InChI is InChI=1S/2C14H12N2O3S.2ClH.H2O/c2*17-14(18)13-8-10-7-11(1-2-12(10)20-13)19-6-5-16-4-3-15-9-16;;;/h2*1-4,7-9H,5-6H2,(H,17,18);2*1H;1H2. The second-order valence-electron chi connectivity index (χ2n) is 8.53. The first-order valence-electron chi connectivity index (χ1n) is 12.2. The maximum Gasteiger partial charge on any atom is 0.345 e. The fraction of sp³-hybridized carbons (Fsp3) is 0.143. The fourth-order valence-electron chi connectivity index (χ4n) is 3.81. The molecule has 0 aliphatic rings. The Bertz CT molecular complexity index is 1610. The summed E-state index contributed by atoms with van der Waals surface area (Å²) < 4.78 is 17.1. The molecule has 4 heterocycles. The SMILES string of the molecule is Cl.Cl.O.O=C(O)c1cc2cc(OCCn3ccnc3)ccc2s1.O=C(O)c1cc2cc(OCCn3ccnc3)ccc2s1. The molecular weight excluding hydrogens is 639 g/mol. The summed E-state index contributed by atoms with van der Waals surface area (Å²) >= 11 is 2.54. The summed E-state index contributed by atoms with van der Waals surface area (Å²) in [5, 5.41) is 19.7. The van der Waals surface area contributed by atoms with Crippen molar-refractivity contribution in [2.75, 3.05) is 13.2 Å². The molecule has 4 N–H and O–H groups in total. The van der Waals surface area contributed by atoms with Crippen LogP contribution in [-0.2, 0) is 13.1 Å². The largest absolute Gasteiger partial charge is 0.492 e. The third-order valence-electron chi connectivity index (χ3n) is 5.75. The molecule has 11 nitrogen and oxygen atoms in total. The number of hydrogen-bond donors (Lipinski definition) is 2. The Morgan fingerprint density at radius 1 is 0.698 bits per heavy atom. The van der Waals surface area contributed by atoms with Gasteiger partial charge in [-0.25, -0.2) is 19.6 Å². The van der Waals surface area contributed by atoms with Crippen LogP contribution in [0, 0.1) is 0 Å². The zero-order chi connectivity index (χ0) is 27.9. The summed E-state index contributed by atoms with van der Waals surface area (Å²) in [5.74, 6) is -0.303. The molecule has 0 atom stereocenters. The van der Waals surface area contributed by atoms with Gasteiger partial charge in [-0.15, -0.1) is 47.5 Å².